The summed E-state index contributed by atoms with van der Waals surface area (Å²) in [6, 6.07) is 5.02. The number of hydrogen-bond donors (Lipinski definition) is 4. The predicted molar refractivity (Wildman–Crippen MR) is 81.1 cm³/mol. The van der Waals surface area contributed by atoms with Gasteiger partial charge in [0.1, 0.15) is 5.75 Å². The largest absolute Gasteiger partial charge is 0.494 e. The van der Waals surface area contributed by atoms with Gasteiger partial charge in [0.15, 0.2) is 0 Å². The molecule has 0 aliphatic heterocycles. The third kappa shape index (κ3) is 5.68. The molecule has 1 rings (SSSR count). The Kier molecular flexibility index (Phi) is 7.21. The second kappa shape index (κ2) is 8.68. The highest BCUT2D eigenvalue weighted by atomic mass is 32.2. The Morgan fingerprint density at radius 2 is 2.30 bits per heavy atom. The van der Waals surface area contributed by atoms with E-state index >= 15 is 0 Å². The van der Waals surface area contributed by atoms with Crippen LogP contribution in [0.2, 0.25) is 0 Å². The van der Waals surface area contributed by atoms with E-state index in [2.05, 4.69) is 5.32 Å². The summed E-state index contributed by atoms with van der Waals surface area (Å²) < 4.78 is 5.14. The minimum atomic E-state index is -0.736. The molecule has 112 valence electrons. The Labute approximate surface area is 122 Å². The van der Waals surface area contributed by atoms with Crippen molar-refractivity contribution < 1.29 is 19.7 Å². The third-order valence-corrected chi connectivity index (χ3v) is 3.61. The Morgan fingerprint density at radius 3 is 2.95 bits per heavy atom. The van der Waals surface area contributed by atoms with Gasteiger partial charge >= 0.3 is 0 Å². The molecule has 7 heteroatoms. The summed E-state index contributed by atoms with van der Waals surface area (Å²) in [5.74, 6) is 1.36. The highest BCUT2D eigenvalue weighted by molar-refractivity contribution is 7.99. The highest BCUT2D eigenvalue weighted by Gasteiger charge is 2.08. The minimum absolute atomic E-state index is 0.140. The number of carbonyl (C=O) groups is 1. The van der Waals surface area contributed by atoms with Crippen molar-refractivity contribution in [2.24, 2.45) is 0 Å². The lowest BCUT2D eigenvalue weighted by molar-refractivity contribution is -0.115. The zero-order valence-electron chi connectivity index (χ0n) is 11.3. The van der Waals surface area contributed by atoms with E-state index in [9.17, 15) is 4.79 Å². The number of benzene rings is 1. The molecule has 0 saturated heterocycles. The molecular formula is C13H20N2O4S. The fourth-order valence-electron chi connectivity index (χ4n) is 1.46. The maximum Gasteiger partial charge on any atom is 0.225 e. The van der Waals surface area contributed by atoms with Gasteiger partial charge in [0.2, 0.25) is 5.91 Å². The quantitative estimate of drug-likeness (QED) is 0.416. The number of nitrogens with one attached hydrogen (secondary N) is 1. The van der Waals surface area contributed by atoms with E-state index in [0.717, 1.165) is 0 Å². The molecular weight excluding hydrogens is 280 g/mol. The summed E-state index contributed by atoms with van der Waals surface area (Å²) in [4.78, 5) is 11.8. The summed E-state index contributed by atoms with van der Waals surface area (Å²) in [6.07, 6.45) is -0.420. The second-order valence-corrected chi connectivity index (χ2v) is 5.32. The molecule has 1 aromatic rings. The third-order valence-electron chi connectivity index (χ3n) is 2.49. The molecule has 0 saturated carbocycles. The van der Waals surface area contributed by atoms with E-state index in [1.807, 2.05) is 0 Å². The smallest absolute Gasteiger partial charge is 0.225 e. The molecule has 6 nitrogen and oxygen atoms in total. The molecule has 0 fully saturated rings. The Balaban J connectivity index is 2.39. The number of nitrogen functional groups attached to an aromatic ring is 1. The van der Waals surface area contributed by atoms with Gasteiger partial charge in [-0.3, -0.25) is 4.79 Å². The number of hydrogen-bond acceptors (Lipinski definition) is 6. The number of rotatable bonds is 8. The molecule has 0 bridgehead atoms. The molecule has 1 aromatic carbocycles. The van der Waals surface area contributed by atoms with Crippen molar-refractivity contribution in [1.82, 2.24) is 0 Å². The van der Waals surface area contributed by atoms with Crippen LogP contribution in [0.3, 0.4) is 0 Å². The lowest BCUT2D eigenvalue weighted by Crippen LogP contribution is -2.16. The number of aliphatic hydroxyl groups is 2. The fraction of sp³-hybridized carbons (Fsp3) is 0.462. The van der Waals surface area contributed by atoms with E-state index in [1.54, 1.807) is 18.2 Å². The van der Waals surface area contributed by atoms with Gasteiger partial charge in [0.05, 0.1) is 25.5 Å². The topological polar surface area (TPSA) is 105 Å². The van der Waals surface area contributed by atoms with Crippen LogP contribution in [-0.2, 0) is 4.79 Å². The lowest BCUT2D eigenvalue weighted by Gasteiger charge is -2.11. The standard InChI is InChI=1S/C13H20N2O4S/c1-19-12-6-9(14)2-3-11(12)15-13(18)4-5-20-8-10(17)7-16/h2-3,6,10,16-17H,4-5,7-8,14H2,1H3,(H,15,18). The first-order valence-corrected chi connectivity index (χ1v) is 7.32. The second-order valence-electron chi connectivity index (χ2n) is 4.17. The van der Waals surface area contributed by atoms with Crippen LogP contribution < -0.4 is 15.8 Å². The number of methoxy groups -OCH3 is 1. The molecule has 0 aliphatic carbocycles. The highest BCUT2D eigenvalue weighted by Crippen LogP contribution is 2.26. The zero-order valence-corrected chi connectivity index (χ0v) is 12.2. The fourth-order valence-corrected chi connectivity index (χ4v) is 2.33. The van der Waals surface area contributed by atoms with Crippen molar-refractivity contribution in [2.75, 3.05) is 36.3 Å². The summed E-state index contributed by atoms with van der Waals surface area (Å²) in [5, 5.41) is 20.6. The van der Waals surface area contributed by atoms with Crippen LogP contribution in [0.15, 0.2) is 18.2 Å². The van der Waals surface area contributed by atoms with Gasteiger partial charge in [0, 0.05) is 29.7 Å². The Bertz CT molecular complexity index is 442. The molecule has 20 heavy (non-hydrogen) atoms. The van der Waals surface area contributed by atoms with Crippen molar-refractivity contribution in [3.8, 4) is 5.75 Å². The molecule has 1 atom stereocenters. The number of ether oxygens (including phenoxy) is 1. The SMILES string of the molecule is COc1cc(N)ccc1NC(=O)CCSCC(O)CO. The van der Waals surface area contributed by atoms with Crippen molar-refractivity contribution in [1.29, 1.82) is 0 Å². The summed E-state index contributed by atoms with van der Waals surface area (Å²) in [7, 11) is 1.51. The van der Waals surface area contributed by atoms with Crippen molar-refractivity contribution in [3.05, 3.63) is 18.2 Å². The number of nitrogens with two attached hydrogens (primary N) is 1. The number of carbonyl (C=O) groups excluding carboxylic acids is 1. The zero-order chi connectivity index (χ0) is 15.0. The molecule has 0 aromatic heterocycles. The van der Waals surface area contributed by atoms with Crippen LogP contribution >= 0.6 is 11.8 Å². The Morgan fingerprint density at radius 1 is 1.55 bits per heavy atom. The maximum absolute atomic E-state index is 11.8. The average molecular weight is 300 g/mol. The van der Waals surface area contributed by atoms with Gasteiger partial charge in [-0.25, -0.2) is 0 Å². The first-order chi connectivity index (χ1) is 9.56. The molecule has 0 spiro atoms. The first kappa shape index (κ1) is 16.6. The van der Waals surface area contributed by atoms with Crippen LogP contribution in [0.25, 0.3) is 0 Å². The molecule has 1 amide bonds. The van der Waals surface area contributed by atoms with Gasteiger partial charge in [-0.2, -0.15) is 11.8 Å². The van der Waals surface area contributed by atoms with E-state index in [4.69, 9.17) is 20.7 Å². The van der Waals surface area contributed by atoms with Gasteiger partial charge in [-0.15, -0.1) is 0 Å². The van der Waals surface area contributed by atoms with Crippen LogP contribution in [0.1, 0.15) is 6.42 Å². The van der Waals surface area contributed by atoms with E-state index in [0.29, 0.717) is 35.1 Å². The van der Waals surface area contributed by atoms with Crippen LogP contribution in [0, 0.1) is 0 Å². The normalized spacial score (nSPS) is 11.9. The van der Waals surface area contributed by atoms with Crippen LogP contribution in [0.4, 0.5) is 11.4 Å². The van der Waals surface area contributed by atoms with Gasteiger partial charge < -0.3 is 26.0 Å². The van der Waals surface area contributed by atoms with Crippen LogP contribution in [0.5, 0.6) is 5.75 Å². The molecule has 0 aliphatic rings. The molecule has 0 heterocycles. The maximum atomic E-state index is 11.8. The van der Waals surface area contributed by atoms with Crippen molar-refractivity contribution in [2.45, 2.75) is 12.5 Å². The van der Waals surface area contributed by atoms with E-state index in [1.165, 1.54) is 18.9 Å². The average Bonchev–Trinajstić information content (AvgIpc) is 2.45. The van der Waals surface area contributed by atoms with Crippen molar-refractivity contribution >= 4 is 29.0 Å². The van der Waals surface area contributed by atoms with Gasteiger partial charge in [-0.05, 0) is 12.1 Å². The van der Waals surface area contributed by atoms with Gasteiger partial charge in [-0.1, -0.05) is 0 Å². The minimum Gasteiger partial charge on any atom is -0.494 e. The summed E-state index contributed by atoms with van der Waals surface area (Å²) in [6.45, 7) is -0.262. The van der Waals surface area contributed by atoms with E-state index < -0.39 is 6.10 Å². The molecule has 5 N–H and O–H groups in total. The van der Waals surface area contributed by atoms with E-state index in [-0.39, 0.29) is 12.5 Å². The Hall–Kier alpha value is -1.44. The lowest BCUT2D eigenvalue weighted by atomic mass is 10.2. The van der Waals surface area contributed by atoms with Gasteiger partial charge in [0.25, 0.3) is 0 Å². The summed E-state index contributed by atoms with van der Waals surface area (Å²) in [5.41, 5.74) is 6.77. The number of amides is 1. The summed E-state index contributed by atoms with van der Waals surface area (Å²) >= 11 is 1.42. The number of thioether (sulfide) groups is 1. The predicted octanol–water partition coefficient (Wildman–Crippen LogP) is 0.692. The van der Waals surface area contributed by atoms with Crippen molar-refractivity contribution in [3.63, 3.8) is 0 Å². The number of anilines is 2. The number of aliphatic hydroxyl groups excluding tert-OH is 2. The molecule has 1 unspecified atom stereocenters. The molecule has 0 radical (unpaired) electrons. The first-order valence-electron chi connectivity index (χ1n) is 6.17. The monoisotopic (exact) mass is 300 g/mol. The van der Waals surface area contributed by atoms with Crippen LogP contribution in [-0.4, -0.2) is 47.4 Å².